The van der Waals surface area contributed by atoms with Gasteiger partial charge in [0.05, 0.1) is 0 Å². The molecule has 0 bridgehead atoms. The molecule has 2 aliphatic carbocycles. The lowest BCUT2D eigenvalue weighted by Gasteiger charge is -2.11. The minimum absolute atomic E-state index is 0.0127. The number of hydrogen-bond acceptors (Lipinski definition) is 1. The van der Waals surface area contributed by atoms with Crippen molar-refractivity contribution < 1.29 is 9.90 Å². The predicted molar refractivity (Wildman–Crippen MR) is 64.4 cm³/mol. The molecule has 0 atom stereocenters. The zero-order valence-corrected chi connectivity index (χ0v) is 9.89. The summed E-state index contributed by atoms with van der Waals surface area (Å²) in [5.74, 6) is -1.02. The van der Waals surface area contributed by atoms with Gasteiger partial charge in [-0.3, -0.25) is 0 Å². The molecule has 0 amide bonds. The van der Waals surface area contributed by atoms with Crippen molar-refractivity contribution in [3.8, 4) is 0 Å². The van der Waals surface area contributed by atoms with Crippen LogP contribution in [0.5, 0.6) is 0 Å². The van der Waals surface area contributed by atoms with Crippen molar-refractivity contribution >= 4 is 17.6 Å². The first kappa shape index (κ1) is 11.5. The summed E-state index contributed by atoms with van der Waals surface area (Å²) in [7, 11) is 0. The van der Waals surface area contributed by atoms with Gasteiger partial charge in [0, 0.05) is 5.57 Å². The number of hydrogen-bond donors (Lipinski definition) is 1. The molecule has 0 saturated heterocycles. The van der Waals surface area contributed by atoms with Crippen LogP contribution in [-0.2, 0) is 4.79 Å². The minimum atomic E-state index is -1.02. The monoisotopic (exact) mass is 238 g/mol. The summed E-state index contributed by atoms with van der Waals surface area (Å²) in [5.41, 5.74) is 3.05. The van der Waals surface area contributed by atoms with Gasteiger partial charge in [0.25, 0.3) is 0 Å². The Balaban J connectivity index is 2.40. The van der Waals surface area contributed by atoms with Crippen LogP contribution in [-0.4, -0.2) is 11.1 Å². The van der Waals surface area contributed by atoms with Crippen LogP contribution in [0.2, 0.25) is 0 Å². The quantitative estimate of drug-likeness (QED) is 0.760. The molecule has 0 aromatic heterocycles. The van der Waals surface area contributed by atoms with Crippen LogP contribution in [0.4, 0.5) is 0 Å². The number of carboxylic acid groups (broad SMARTS) is 1. The average Bonchev–Trinajstić information content (AvgIpc) is 2.89. The highest BCUT2D eigenvalue weighted by Gasteiger charge is 2.22. The van der Waals surface area contributed by atoms with Crippen molar-refractivity contribution in [3.63, 3.8) is 0 Å². The van der Waals surface area contributed by atoms with E-state index in [1.54, 1.807) is 0 Å². The van der Waals surface area contributed by atoms with Crippen molar-refractivity contribution in [2.24, 2.45) is 0 Å². The van der Waals surface area contributed by atoms with E-state index in [0.29, 0.717) is 0 Å². The highest BCUT2D eigenvalue weighted by atomic mass is 35.5. The fourth-order valence-corrected chi connectivity index (χ4v) is 2.63. The summed E-state index contributed by atoms with van der Waals surface area (Å²) in [6.07, 6.45) is 10.4. The molecule has 2 rings (SSSR count). The van der Waals surface area contributed by atoms with E-state index in [4.69, 9.17) is 16.7 Å². The van der Waals surface area contributed by atoms with Gasteiger partial charge in [-0.1, -0.05) is 23.8 Å². The van der Waals surface area contributed by atoms with Gasteiger partial charge in [0.2, 0.25) is 0 Å². The second-order valence-electron chi connectivity index (χ2n) is 4.24. The van der Waals surface area contributed by atoms with Gasteiger partial charge in [-0.2, -0.15) is 0 Å². The summed E-state index contributed by atoms with van der Waals surface area (Å²) >= 11 is 5.94. The average molecular weight is 239 g/mol. The molecule has 2 nitrogen and oxygen atoms in total. The first-order valence-electron chi connectivity index (χ1n) is 5.72. The molecule has 16 heavy (non-hydrogen) atoms. The third-order valence-electron chi connectivity index (χ3n) is 3.13. The van der Waals surface area contributed by atoms with Gasteiger partial charge in [-0.25, -0.2) is 4.79 Å². The van der Waals surface area contributed by atoms with Crippen molar-refractivity contribution in [1.29, 1.82) is 0 Å². The van der Waals surface area contributed by atoms with Crippen LogP contribution >= 0.6 is 11.6 Å². The fourth-order valence-electron chi connectivity index (χ4n) is 2.39. The molecule has 3 heteroatoms. The van der Waals surface area contributed by atoms with Crippen LogP contribution < -0.4 is 0 Å². The lowest BCUT2D eigenvalue weighted by atomic mass is 9.96. The van der Waals surface area contributed by atoms with Crippen molar-refractivity contribution in [2.75, 3.05) is 0 Å². The zero-order valence-electron chi connectivity index (χ0n) is 9.13. The van der Waals surface area contributed by atoms with Crippen molar-refractivity contribution in [3.05, 3.63) is 33.9 Å². The van der Waals surface area contributed by atoms with Gasteiger partial charge in [0.15, 0.2) is 0 Å². The second kappa shape index (κ2) is 4.88. The van der Waals surface area contributed by atoms with Gasteiger partial charge < -0.3 is 5.11 Å². The third-order valence-corrected chi connectivity index (χ3v) is 3.48. The van der Waals surface area contributed by atoms with Gasteiger partial charge >= 0.3 is 5.97 Å². The Hall–Kier alpha value is -1.02. The molecule has 0 radical (unpaired) electrons. The Bertz CT molecular complexity index is 376. The zero-order chi connectivity index (χ0) is 11.5. The summed E-state index contributed by atoms with van der Waals surface area (Å²) in [4.78, 5) is 11.0. The molecule has 0 aromatic carbocycles. The number of aliphatic carboxylic acids is 1. The first-order valence-corrected chi connectivity index (χ1v) is 6.10. The van der Waals surface area contributed by atoms with E-state index < -0.39 is 5.97 Å². The summed E-state index contributed by atoms with van der Waals surface area (Å²) in [6, 6.07) is 0. The summed E-state index contributed by atoms with van der Waals surface area (Å²) < 4.78 is 0. The number of carbonyl (C=O) groups is 1. The molecule has 86 valence electrons. The highest BCUT2D eigenvalue weighted by molar-refractivity contribution is 6.41. The second-order valence-corrected chi connectivity index (χ2v) is 4.62. The largest absolute Gasteiger partial charge is 0.477 e. The predicted octanol–water partition coefficient (Wildman–Crippen LogP) is 3.78. The maximum absolute atomic E-state index is 11.0. The lowest BCUT2D eigenvalue weighted by molar-refractivity contribution is -0.131. The molecule has 2 aliphatic rings. The molecule has 0 fully saturated rings. The normalized spacial score (nSPS) is 19.3. The topological polar surface area (TPSA) is 37.3 Å². The Morgan fingerprint density at radius 1 is 1.12 bits per heavy atom. The third kappa shape index (κ3) is 2.22. The van der Waals surface area contributed by atoms with Gasteiger partial charge in [-0.15, -0.1) is 0 Å². The van der Waals surface area contributed by atoms with E-state index in [2.05, 4.69) is 12.2 Å². The first-order chi connectivity index (χ1) is 7.70. The molecule has 0 saturated carbocycles. The van der Waals surface area contributed by atoms with Crippen molar-refractivity contribution in [2.45, 2.75) is 38.5 Å². The number of halogens is 1. The van der Waals surface area contributed by atoms with E-state index in [9.17, 15) is 4.79 Å². The molecule has 0 unspecified atom stereocenters. The van der Waals surface area contributed by atoms with Crippen LogP contribution in [0.1, 0.15) is 38.5 Å². The number of carboxylic acids is 1. The molecule has 0 heterocycles. The standard InChI is InChI=1S/C13H15ClO2/c14-12(13(15)16)11(9-5-1-2-6-9)10-7-3-4-8-10/h5,7H,1-4,6,8H2,(H,15,16). The SMILES string of the molecule is O=C(O)C(Cl)=C(C1=CCCC1)C1=CCCC1. The Morgan fingerprint density at radius 2 is 1.62 bits per heavy atom. The lowest BCUT2D eigenvalue weighted by Crippen LogP contribution is -2.02. The van der Waals surface area contributed by atoms with Gasteiger partial charge in [-0.05, 0) is 49.7 Å². The van der Waals surface area contributed by atoms with E-state index in [1.165, 1.54) is 0 Å². The van der Waals surface area contributed by atoms with E-state index in [1.807, 2.05) is 0 Å². The van der Waals surface area contributed by atoms with Gasteiger partial charge in [0.1, 0.15) is 5.03 Å². The smallest absolute Gasteiger partial charge is 0.347 e. The molecule has 0 spiro atoms. The number of rotatable bonds is 3. The molecule has 0 aliphatic heterocycles. The summed E-state index contributed by atoms with van der Waals surface area (Å²) in [5, 5.41) is 9.02. The number of allylic oxidation sites excluding steroid dienone is 5. The van der Waals surface area contributed by atoms with E-state index >= 15 is 0 Å². The summed E-state index contributed by atoms with van der Waals surface area (Å²) in [6.45, 7) is 0. The molecule has 1 N–H and O–H groups in total. The molecule has 0 aromatic rings. The van der Waals surface area contributed by atoms with Crippen LogP contribution in [0.25, 0.3) is 0 Å². The maximum Gasteiger partial charge on any atom is 0.347 e. The van der Waals surface area contributed by atoms with E-state index in [-0.39, 0.29) is 5.03 Å². The molecular formula is C13H15ClO2. The van der Waals surface area contributed by atoms with Crippen molar-refractivity contribution in [1.82, 2.24) is 0 Å². The van der Waals surface area contributed by atoms with E-state index in [0.717, 1.165) is 55.2 Å². The fraction of sp³-hybridized carbons (Fsp3) is 0.462. The Kier molecular flexibility index (Phi) is 3.49. The highest BCUT2D eigenvalue weighted by Crippen LogP contribution is 2.37. The maximum atomic E-state index is 11.0. The van der Waals surface area contributed by atoms with Crippen LogP contribution in [0.15, 0.2) is 33.9 Å². The van der Waals surface area contributed by atoms with Crippen LogP contribution in [0.3, 0.4) is 0 Å². The molecular weight excluding hydrogens is 224 g/mol. The Labute approximate surface area is 100 Å². The minimum Gasteiger partial charge on any atom is -0.477 e. The van der Waals surface area contributed by atoms with Crippen LogP contribution in [0, 0.1) is 0 Å². The Morgan fingerprint density at radius 3 is 1.94 bits per heavy atom.